The first-order valence-corrected chi connectivity index (χ1v) is 10.9. The minimum atomic E-state index is -4.84. The van der Waals surface area contributed by atoms with E-state index in [1.807, 2.05) is 0 Å². The molecule has 138 valence electrons. The van der Waals surface area contributed by atoms with E-state index in [2.05, 4.69) is 4.18 Å². The standard InChI is InChI=1S/C12H13NO9S3/c13-9-5-4-8-2-1-3-10(11(8)12(9)24(16,17)18)23(14,15)7-6-22-25(19,20)21/h1-5H,6-7,13H2,(H,16,17,18)(H,19,20,21). The number of benzene rings is 2. The van der Waals surface area contributed by atoms with Crippen molar-refractivity contribution in [1.29, 1.82) is 0 Å². The van der Waals surface area contributed by atoms with Crippen LogP contribution in [0.1, 0.15) is 0 Å². The van der Waals surface area contributed by atoms with Crippen LogP contribution in [0.2, 0.25) is 0 Å². The first-order valence-electron chi connectivity index (χ1n) is 6.46. The van der Waals surface area contributed by atoms with E-state index >= 15 is 0 Å². The van der Waals surface area contributed by atoms with Gasteiger partial charge in [-0.1, -0.05) is 18.2 Å². The predicted molar refractivity (Wildman–Crippen MR) is 87.7 cm³/mol. The van der Waals surface area contributed by atoms with Gasteiger partial charge in [0.05, 0.1) is 22.9 Å². The molecule has 0 bridgehead atoms. The Morgan fingerprint density at radius 3 is 2.16 bits per heavy atom. The van der Waals surface area contributed by atoms with Gasteiger partial charge in [-0.2, -0.15) is 16.8 Å². The van der Waals surface area contributed by atoms with Crippen LogP contribution in [0.3, 0.4) is 0 Å². The number of hydrogen-bond acceptors (Lipinski definition) is 8. The molecular formula is C12H13NO9S3. The van der Waals surface area contributed by atoms with E-state index < -0.39 is 52.5 Å². The molecule has 0 aliphatic heterocycles. The SMILES string of the molecule is Nc1ccc2cccc(S(=O)(=O)CCOS(=O)(=O)O)c2c1S(=O)(=O)O. The van der Waals surface area contributed by atoms with Crippen molar-refractivity contribution in [3.8, 4) is 0 Å². The number of nitrogens with two attached hydrogens (primary N) is 1. The molecule has 0 atom stereocenters. The second-order valence-electron chi connectivity index (χ2n) is 4.88. The summed E-state index contributed by atoms with van der Waals surface area (Å²) < 4.78 is 91.0. The molecule has 0 aliphatic carbocycles. The Hall–Kier alpha value is -1.77. The molecule has 0 spiro atoms. The highest BCUT2D eigenvalue weighted by Crippen LogP contribution is 2.33. The summed E-state index contributed by atoms with van der Waals surface area (Å²) in [6, 6.07) is 6.40. The predicted octanol–water partition coefficient (Wildman–Crippen LogP) is 0.262. The van der Waals surface area contributed by atoms with E-state index in [-0.39, 0.29) is 16.5 Å². The lowest BCUT2D eigenvalue weighted by atomic mass is 10.1. The van der Waals surface area contributed by atoms with Gasteiger partial charge in [-0.3, -0.25) is 9.11 Å². The molecule has 0 radical (unpaired) electrons. The van der Waals surface area contributed by atoms with E-state index in [0.717, 1.165) is 6.07 Å². The summed E-state index contributed by atoms with van der Waals surface area (Å²) >= 11 is 0. The van der Waals surface area contributed by atoms with E-state index in [0.29, 0.717) is 0 Å². The van der Waals surface area contributed by atoms with E-state index in [4.69, 9.17) is 10.3 Å². The average Bonchev–Trinajstić information content (AvgIpc) is 2.43. The maximum atomic E-state index is 12.4. The molecule has 2 aromatic rings. The van der Waals surface area contributed by atoms with Crippen LogP contribution in [0.5, 0.6) is 0 Å². The van der Waals surface area contributed by atoms with Crippen LogP contribution in [0, 0.1) is 0 Å². The van der Waals surface area contributed by atoms with Gasteiger partial charge in [-0.15, -0.1) is 0 Å². The van der Waals surface area contributed by atoms with Crippen LogP contribution < -0.4 is 5.73 Å². The maximum Gasteiger partial charge on any atom is 0.397 e. The van der Waals surface area contributed by atoms with Crippen molar-refractivity contribution in [3.63, 3.8) is 0 Å². The Balaban J connectivity index is 2.68. The number of anilines is 1. The van der Waals surface area contributed by atoms with Crippen molar-refractivity contribution >= 4 is 46.8 Å². The Labute approximate surface area is 143 Å². The van der Waals surface area contributed by atoms with Crippen LogP contribution >= 0.6 is 0 Å². The minimum absolute atomic E-state index is 0.179. The zero-order valence-electron chi connectivity index (χ0n) is 12.4. The molecule has 2 aromatic carbocycles. The van der Waals surface area contributed by atoms with Crippen LogP contribution in [0.15, 0.2) is 40.1 Å². The normalized spacial score (nSPS) is 13.2. The highest BCUT2D eigenvalue weighted by atomic mass is 32.3. The molecule has 0 heterocycles. The van der Waals surface area contributed by atoms with E-state index in [1.54, 1.807) is 0 Å². The summed E-state index contributed by atoms with van der Waals surface area (Å²) in [5.41, 5.74) is 5.22. The maximum absolute atomic E-state index is 12.4. The van der Waals surface area contributed by atoms with Crippen molar-refractivity contribution in [2.45, 2.75) is 9.79 Å². The summed E-state index contributed by atoms with van der Waals surface area (Å²) in [6.45, 7) is -0.888. The van der Waals surface area contributed by atoms with Crippen LogP contribution in [-0.2, 0) is 34.5 Å². The Bertz CT molecular complexity index is 1140. The quantitative estimate of drug-likeness (QED) is 0.441. The molecule has 0 fully saturated rings. The van der Waals surface area contributed by atoms with Gasteiger partial charge in [0.2, 0.25) is 0 Å². The summed E-state index contributed by atoms with van der Waals surface area (Å²) in [5, 5.41) is -0.143. The topological polar surface area (TPSA) is 178 Å². The van der Waals surface area contributed by atoms with Gasteiger partial charge in [0.1, 0.15) is 4.90 Å². The highest BCUT2D eigenvalue weighted by molar-refractivity contribution is 7.91. The van der Waals surface area contributed by atoms with Gasteiger partial charge in [-0.05, 0) is 17.5 Å². The van der Waals surface area contributed by atoms with Crippen LogP contribution in [-0.4, -0.2) is 46.7 Å². The van der Waals surface area contributed by atoms with Gasteiger partial charge < -0.3 is 5.73 Å². The molecule has 0 saturated heterocycles. The second kappa shape index (κ2) is 6.51. The zero-order chi connectivity index (χ0) is 19.0. The highest BCUT2D eigenvalue weighted by Gasteiger charge is 2.26. The molecule has 13 heteroatoms. The summed E-state index contributed by atoms with van der Waals surface area (Å²) in [4.78, 5) is -1.25. The summed E-state index contributed by atoms with van der Waals surface area (Å²) in [5.74, 6) is -0.869. The fourth-order valence-corrected chi connectivity index (χ4v) is 4.88. The molecule has 0 aromatic heterocycles. The van der Waals surface area contributed by atoms with Crippen molar-refractivity contribution in [2.75, 3.05) is 18.1 Å². The number of fused-ring (bicyclic) bond motifs is 1. The number of nitrogen functional groups attached to an aromatic ring is 1. The molecule has 25 heavy (non-hydrogen) atoms. The fourth-order valence-electron chi connectivity index (χ4n) is 2.23. The lowest BCUT2D eigenvalue weighted by molar-refractivity contribution is 0.284. The summed E-state index contributed by atoms with van der Waals surface area (Å²) in [6.07, 6.45) is 0. The molecule has 0 amide bonds. The fraction of sp³-hybridized carbons (Fsp3) is 0.167. The van der Waals surface area contributed by atoms with Crippen molar-refractivity contribution in [1.82, 2.24) is 0 Å². The van der Waals surface area contributed by atoms with Gasteiger partial charge in [0.25, 0.3) is 10.1 Å². The second-order valence-corrected chi connectivity index (χ2v) is 9.41. The molecule has 10 nitrogen and oxygen atoms in total. The monoisotopic (exact) mass is 411 g/mol. The first kappa shape index (κ1) is 19.6. The van der Waals surface area contributed by atoms with E-state index in [9.17, 15) is 29.8 Å². The average molecular weight is 411 g/mol. The molecule has 4 N–H and O–H groups in total. The third kappa shape index (κ3) is 4.45. The molecule has 0 saturated carbocycles. The third-order valence-corrected chi connectivity index (χ3v) is 6.30. The Morgan fingerprint density at radius 1 is 0.960 bits per heavy atom. The molecule has 2 rings (SSSR count). The number of rotatable bonds is 6. The molecule has 0 unspecified atom stereocenters. The largest absolute Gasteiger partial charge is 0.398 e. The molecular weight excluding hydrogens is 398 g/mol. The summed E-state index contributed by atoms with van der Waals surface area (Å²) in [7, 11) is -13.9. The smallest absolute Gasteiger partial charge is 0.397 e. The van der Waals surface area contributed by atoms with Crippen LogP contribution in [0.25, 0.3) is 10.8 Å². The van der Waals surface area contributed by atoms with Gasteiger partial charge in [0.15, 0.2) is 9.84 Å². The van der Waals surface area contributed by atoms with Crippen molar-refractivity contribution in [3.05, 3.63) is 30.3 Å². The zero-order valence-corrected chi connectivity index (χ0v) is 14.8. The number of hydrogen-bond donors (Lipinski definition) is 3. The van der Waals surface area contributed by atoms with Gasteiger partial charge in [0, 0.05) is 5.39 Å². The van der Waals surface area contributed by atoms with Gasteiger partial charge in [-0.25, -0.2) is 12.6 Å². The third-order valence-electron chi connectivity index (χ3n) is 3.17. The van der Waals surface area contributed by atoms with Gasteiger partial charge >= 0.3 is 10.4 Å². The van der Waals surface area contributed by atoms with E-state index in [1.165, 1.54) is 24.3 Å². The van der Waals surface area contributed by atoms with Crippen molar-refractivity contribution < 1.29 is 38.5 Å². The van der Waals surface area contributed by atoms with Crippen molar-refractivity contribution in [2.24, 2.45) is 0 Å². The first-order chi connectivity index (χ1) is 11.3. The Morgan fingerprint density at radius 2 is 1.60 bits per heavy atom. The lowest BCUT2D eigenvalue weighted by Gasteiger charge is -2.12. The molecule has 0 aliphatic rings. The van der Waals surface area contributed by atoms with Crippen LogP contribution in [0.4, 0.5) is 5.69 Å². The minimum Gasteiger partial charge on any atom is -0.398 e. The Kier molecular flexibility index (Phi) is 5.09. The number of sulfone groups is 1. The lowest BCUT2D eigenvalue weighted by Crippen LogP contribution is -2.16.